The van der Waals surface area contributed by atoms with Crippen LogP contribution in [0.1, 0.15) is 17.0 Å². The number of aryl methyl sites for hydroxylation is 2. The first-order valence-electron chi connectivity index (χ1n) is 9.43. The molecular formula is C22H18F3N3O2S. The number of aromatic nitrogens is 2. The van der Waals surface area contributed by atoms with Crippen LogP contribution in [0.5, 0.6) is 0 Å². The predicted octanol–water partition coefficient (Wildman–Crippen LogP) is 5.17. The summed E-state index contributed by atoms with van der Waals surface area (Å²) in [4.78, 5) is 7.31. The molecule has 0 fully saturated rings. The number of anilines is 1. The van der Waals surface area contributed by atoms with E-state index in [1.165, 1.54) is 0 Å². The van der Waals surface area contributed by atoms with Crippen LogP contribution in [-0.4, -0.2) is 18.4 Å². The van der Waals surface area contributed by atoms with Crippen LogP contribution in [0.2, 0.25) is 0 Å². The molecule has 4 rings (SSSR count). The second kappa shape index (κ2) is 8.07. The molecule has 0 aliphatic rings. The Morgan fingerprint density at radius 3 is 2.45 bits per heavy atom. The molecule has 0 aliphatic carbocycles. The smallest absolute Gasteiger partial charge is 0.342 e. The highest BCUT2D eigenvalue weighted by Gasteiger charge is 2.31. The number of hydrogen-bond acceptors (Lipinski definition) is 3. The summed E-state index contributed by atoms with van der Waals surface area (Å²) in [6.07, 6.45) is -3.39. The lowest BCUT2D eigenvalue weighted by atomic mass is 10.1. The topological polar surface area (TPSA) is 74.8 Å². The third-order valence-corrected chi connectivity index (χ3v) is 6.12. The average Bonchev–Trinajstić information content (AvgIpc) is 3.15. The first kappa shape index (κ1) is 20.9. The minimum Gasteiger partial charge on any atom is -0.342 e. The second-order valence-corrected chi connectivity index (χ2v) is 8.71. The van der Waals surface area contributed by atoms with Crippen molar-refractivity contribution in [1.82, 2.24) is 9.97 Å². The standard InChI is InChI=1S/C22H18F3N3O2S/c23-22(24,25)16-6-4-8-18(14-16)31(29,30)28-17-7-3-5-15(13-17)11-12-21-26-19-9-1-2-10-20(19)27-21/h1-10,13-14,28H,11-12H2,(H,26,27). The number of para-hydroxylation sites is 2. The number of imidazole rings is 1. The van der Waals surface area contributed by atoms with Crippen molar-refractivity contribution in [3.05, 3.63) is 89.7 Å². The molecule has 0 aliphatic heterocycles. The van der Waals surface area contributed by atoms with Gasteiger partial charge in [-0.2, -0.15) is 13.2 Å². The molecule has 4 aromatic rings. The maximum Gasteiger partial charge on any atom is 0.416 e. The molecule has 3 aromatic carbocycles. The molecule has 160 valence electrons. The zero-order chi connectivity index (χ0) is 22.1. The van der Waals surface area contributed by atoms with Crippen LogP contribution < -0.4 is 4.72 Å². The minimum absolute atomic E-state index is 0.277. The van der Waals surface area contributed by atoms with E-state index in [1.807, 2.05) is 30.3 Å². The summed E-state index contributed by atoms with van der Waals surface area (Å²) in [5.41, 5.74) is 1.94. The Labute approximate surface area is 177 Å². The molecule has 1 aromatic heterocycles. The molecule has 31 heavy (non-hydrogen) atoms. The van der Waals surface area contributed by atoms with Gasteiger partial charge in [-0.1, -0.05) is 30.3 Å². The van der Waals surface area contributed by atoms with E-state index in [0.29, 0.717) is 18.9 Å². The molecule has 0 amide bonds. The molecular weight excluding hydrogens is 427 g/mol. The van der Waals surface area contributed by atoms with Crippen molar-refractivity contribution >= 4 is 26.7 Å². The molecule has 0 bridgehead atoms. The third kappa shape index (κ3) is 4.88. The highest BCUT2D eigenvalue weighted by molar-refractivity contribution is 7.92. The number of alkyl halides is 3. The number of benzene rings is 3. The Morgan fingerprint density at radius 2 is 1.68 bits per heavy atom. The van der Waals surface area contributed by atoms with E-state index in [2.05, 4.69) is 14.7 Å². The number of fused-ring (bicyclic) bond motifs is 1. The summed E-state index contributed by atoms with van der Waals surface area (Å²) in [5.74, 6) is 0.816. The maximum atomic E-state index is 12.9. The van der Waals surface area contributed by atoms with E-state index in [1.54, 1.807) is 18.2 Å². The van der Waals surface area contributed by atoms with Crippen LogP contribution in [0, 0.1) is 0 Å². The van der Waals surface area contributed by atoms with Crippen molar-refractivity contribution in [2.75, 3.05) is 4.72 Å². The van der Waals surface area contributed by atoms with Gasteiger partial charge < -0.3 is 4.98 Å². The van der Waals surface area contributed by atoms with E-state index in [0.717, 1.165) is 40.6 Å². The number of rotatable bonds is 6. The molecule has 0 radical (unpaired) electrons. The molecule has 0 unspecified atom stereocenters. The predicted molar refractivity (Wildman–Crippen MR) is 112 cm³/mol. The Hall–Kier alpha value is -3.33. The van der Waals surface area contributed by atoms with Crippen molar-refractivity contribution in [3.8, 4) is 0 Å². The number of halogens is 3. The lowest BCUT2D eigenvalue weighted by Gasteiger charge is -2.12. The number of aromatic amines is 1. The summed E-state index contributed by atoms with van der Waals surface area (Å²) < 4.78 is 66.2. The molecule has 0 saturated heterocycles. The largest absolute Gasteiger partial charge is 0.416 e. The highest BCUT2D eigenvalue weighted by Crippen LogP contribution is 2.31. The Bertz CT molecular complexity index is 1300. The Morgan fingerprint density at radius 1 is 0.903 bits per heavy atom. The zero-order valence-electron chi connectivity index (χ0n) is 16.1. The van der Waals surface area contributed by atoms with Gasteiger partial charge in [0.25, 0.3) is 10.0 Å². The average molecular weight is 445 g/mol. The summed E-state index contributed by atoms with van der Waals surface area (Å²) in [6.45, 7) is 0. The van der Waals surface area contributed by atoms with Gasteiger partial charge in [0.05, 0.1) is 21.5 Å². The van der Waals surface area contributed by atoms with Gasteiger partial charge in [0, 0.05) is 12.1 Å². The van der Waals surface area contributed by atoms with Crippen LogP contribution in [0.15, 0.2) is 77.7 Å². The SMILES string of the molecule is O=S(=O)(Nc1cccc(CCc2nc3ccccc3[nH]2)c1)c1cccc(C(F)(F)F)c1. The van der Waals surface area contributed by atoms with E-state index in [9.17, 15) is 21.6 Å². The monoisotopic (exact) mass is 445 g/mol. The molecule has 0 atom stereocenters. The quantitative estimate of drug-likeness (QED) is 0.430. The van der Waals surface area contributed by atoms with Gasteiger partial charge >= 0.3 is 6.18 Å². The number of H-pyrrole nitrogens is 1. The Balaban J connectivity index is 1.49. The van der Waals surface area contributed by atoms with Crippen molar-refractivity contribution in [2.45, 2.75) is 23.9 Å². The number of sulfonamides is 1. The molecule has 9 heteroatoms. The van der Waals surface area contributed by atoms with Crippen molar-refractivity contribution in [1.29, 1.82) is 0 Å². The zero-order valence-corrected chi connectivity index (χ0v) is 17.0. The molecule has 1 heterocycles. The Kier molecular flexibility index (Phi) is 5.45. The first-order valence-corrected chi connectivity index (χ1v) is 10.9. The number of hydrogen-bond donors (Lipinski definition) is 2. The number of nitrogens with one attached hydrogen (secondary N) is 2. The fourth-order valence-electron chi connectivity index (χ4n) is 3.23. The summed E-state index contributed by atoms with van der Waals surface area (Å²) in [5, 5.41) is 0. The molecule has 0 spiro atoms. The van der Waals surface area contributed by atoms with E-state index in [-0.39, 0.29) is 5.69 Å². The van der Waals surface area contributed by atoms with Gasteiger partial charge in [0.1, 0.15) is 5.82 Å². The van der Waals surface area contributed by atoms with Gasteiger partial charge in [0.15, 0.2) is 0 Å². The first-order chi connectivity index (χ1) is 14.7. The van der Waals surface area contributed by atoms with E-state index >= 15 is 0 Å². The molecule has 0 saturated carbocycles. The van der Waals surface area contributed by atoms with Crippen molar-refractivity contribution in [3.63, 3.8) is 0 Å². The van der Waals surface area contributed by atoms with Crippen LogP contribution >= 0.6 is 0 Å². The highest BCUT2D eigenvalue weighted by atomic mass is 32.2. The molecule has 2 N–H and O–H groups in total. The minimum atomic E-state index is -4.62. The number of nitrogens with zero attached hydrogens (tertiary/aromatic N) is 1. The third-order valence-electron chi connectivity index (χ3n) is 4.74. The summed E-state index contributed by atoms with van der Waals surface area (Å²) >= 11 is 0. The van der Waals surface area contributed by atoms with E-state index < -0.39 is 26.7 Å². The molecule has 5 nitrogen and oxygen atoms in total. The maximum absolute atomic E-state index is 12.9. The second-order valence-electron chi connectivity index (χ2n) is 7.03. The van der Waals surface area contributed by atoms with Gasteiger partial charge in [-0.15, -0.1) is 0 Å². The van der Waals surface area contributed by atoms with Crippen molar-refractivity contribution in [2.24, 2.45) is 0 Å². The van der Waals surface area contributed by atoms with Crippen molar-refractivity contribution < 1.29 is 21.6 Å². The normalized spacial score (nSPS) is 12.2. The van der Waals surface area contributed by atoms with Crippen LogP contribution in [-0.2, 0) is 29.0 Å². The fraction of sp³-hybridized carbons (Fsp3) is 0.136. The lowest BCUT2D eigenvalue weighted by molar-refractivity contribution is -0.137. The fourth-order valence-corrected chi connectivity index (χ4v) is 4.33. The van der Waals surface area contributed by atoms with Crippen LogP contribution in [0.3, 0.4) is 0 Å². The van der Waals surface area contributed by atoms with Gasteiger partial charge in [-0.3, -0.25) is 4.72 Å². The summed E-state index contributed by atoms with van der Waals surface area (Å²) in [6, 6.07) is 18.1. The van der Waals surface area contributed by atoms with Gasteiger partial charge in [-0.05, 0) is 54.4 Å². The van der Waals surface area contributed by atoms with Crippen LogP contribution in [0.25, 0.3) is 11.0 Å². The van der Waals surface area contributed by atoms with Crippen LogP contribution in [0.4, 0.5) is 18.9 Å². The van der Waals surface area contributed by atoms with Gasteiger partial charge in [-0.25, -0.2) is 13.4 Å². The van der Waals surface area contributed by atoms with E-state index in [4.69, 9.17) is 0 Å². The lowest BCUT2D eigenvalue weighted by Crippen LogP contribution is -2.14. The summed E-state index contributed by atoms with van der Waals surface area (Å²) in [7, 11) is -4.17. The van der Waals surface area contributed by atoms with Gasteiger partial charge in [0.2, 0.25) is 0 Å².